The van der Waals surface area contributed by atoms with Crippen molar-refractivity contribution >= 4 is 23.7 Å². The second kappa shape index (κ2) is 10.1. The second-order valence-electron chi connectivity index (χ2n) is 7.51. The van der Waals surface area contributed by atoms with E-state index in [1.807, 2.05) is 18.2 Å². The van der Waals surface area contributed by atoms with E-state index in [2.05, 4.69) is 10.1 Å². The van der Waals surface area contributed by atoms with Crippen LogP contribution in [0.2, 0.25) is 0 Å². The zero-order valence-corrected chi connectivity index (χ0v) is 18.9. The van der Waals surface area contributed by atoms with E-state index in [4.69, 9.17) is 13.9 Å². The fourth-order valence-electron chi connectivity index (χ4n) is 3.77. The Morgan fingerprint density at radius 2 is 1.97 bits per heavy atom. The third-order valence-electron chi connectivity index (χ3n) is 5.53. The van der Waals surface area contributed by atoms with Crippen LogP contribution in [0.1, 0.15) is 33.7 Å². The lowest BCUT2D eigenvalue weighted by Crippen LogP contribution is -2.30. The minimum Gasteiger partial charge on any atom is -0.493 e. The fraction of sp³-hybridized carbons (Fsp3) is 0.391. The van der Waals surface area contributed by atoms with Crippen molar-refractivity contribution in [2.24, 2.45) is 5.92 Å². The van der Waals surface area contributed by atoms with Gasteiger partial charge in [0, 0.05) is 19.5 Å². The van der Waals surface area contributed by atoms with E-state index in [1.54, 1.807) is 25.2 Å². The average molecular weight is 455 g/mol. The van der Waals surface area contributed by atoms with Crippen molar-refractivity contribution < 1.29 is 33.0 Å². The Morgan fingerprint density at radius 3 is 2.61 bits per heavy atom. The molecule has 1 aliphatic rings. The van der Waals surface area contributed by atoms with E-state index in [1.165, 1.54) is 14.0 Å². The van der Waals surface area contributed by atoms with Gasteiger partial charge in [-0.2, -0.15) is 5.26 Å². The predicted molar refractivity (Wildman–Crippen MR) is 116 cm³/mol. The molecule has 2 aromatic rings. The van der Waals surface area contributed by atoms with E-state index >= 15 is 0 Å². The molecule has 0 spiro atoms. The Kier molecular flexibility index (Phi) is 7.23. The highest BCUT2D eigenvalue weighted by atomic mass is 16.5. The molecule has 2 heterocycles. The number of amides is 2. The molecule has 1 aromatic carbocycles. The largest absolute Gasteiger partial charge is 0.493 e. The van der Waals surface area contributed by atoms with Crippen molar-refractivity contribution in [3.8, 4) is 17.6 Å². The van der Waals surface area contributed by atoms with Gasteiger partial charge in [0.1, 0.15) is 23.0 Å². The monoisotopic (exact) mass is 455 g/mol. The lowest BCUT2D eigenvalue weighted by molar-refractivity contribution is -0.128. The van der Waals surface area contributed by atoms with Gasteiger partial charge >= 0.3 is 5.97 Å². The molecular formula is C23H25N3O7. The first-order valence-electron chi connectivity index (χ1n) is 10.2. The van der Waals surface area contributed by atoms with Gasteiger partial charge in [-0.1, -0.05) is 6.07 Å². The Labute approximate surface area is 191 Å². The zero-order valence-electron chi connectivity index (χ0n) is 18.9. The first-order chi connectivity index (χ1) is 15.8. The van der Waals surface area contributed by atoms with E-state index in [9.17, 15) is 19.6 Å². The normalized spacial score (nSPS) is 15.2. The van der Waals surface area contributed by atoms with Gasteiger partial charge in [-0.3, -0.25) is 14.9 Å². The van der Waals surface area contributed by atoms with Crippen LogP contribution >= 0.6 is 0 Å². The number of likely N-dealkylation sites (tertiary alicyclic amines) is 1. The summed E-state index contributed by atoms with van der Waals surface area (Å²) in [5.41, 5.74) is 0.824. The highest BCUT2D eigenvalue weighted by Crippen LogP contribution is 2.30. The van der Waals surface area contributed by atoms with Gasteiger partial charge < -0.3 is 23.5 Å². The number of benzene rings is 1. The number of ether oxygens (including phenoxy) is 3. The van der Waals surface area contributed by atoms with Gasteiger partial charge in [-0.05, 0) is 31.0 Å². The summed E-state index contributed by atoms with van der Waals surface area (Å²) >= 11 is 0. The molecule has 1 aromatic heterocycles. The van der Waals surface area contributed by atoms with Crippen LogP contribution in [0, 0.1) is 24.2 Å². The third-order valence-corrected chi connectivity index (χ3v) is 5.53. The third kappa shape index (κ3) is 4.92. The highest BCUT2D eigenvalue weighted by molar-refractivity contribution is 6.00. The molecular weight excluding hydrogens is 430 g/mol. The molecule has 1 unspecified atom stereocenters. The molecule has 33 heavy (non-hydrogen) atoms. The van der Waals surface area contributed by atoms with Gasteiger partial charge in [0.2, 0.25) is 17.7 Å². The van der Waals surface area contributed by atoms with Crippen molar-refractivity contribution in [1.29, 1.82) is 5.26 Å². The number of nitriles is 1. The number of aryl methyl sites for hydroxylation is 1. The number of anilines is 1. The van der Waals surface area contributed by atoms with Crippen molar-refractivity contribution in [3.05, 3.63) is 40.6 Å². The van der Waals surface area contributed by atoms with Crippen molar-refractivity contribution in [2.45, 2.75) is 19.8 Å². The number of nitrogens with zero attached hydrogens (tertiary/aromatic N) is 2. The van der Waals surface area contributed by atoms with E-state index in [0.717, 1.165) is 5.56 Å². The summed E-state index contributed by atoms with van der Waals surface area (Å²) < 4.78 is 20.6. The standard InChI is InChI=1S/C23H25N3O7/c1-13-20(23(29)32-4)16(11-24)22(33-13)25-21(28)15-10-19(27)26(12-15)8-7-14-5-6-17(30-2)18(9-14)31-3/h5-6,9,15H,7-8,10,12H2,1-4H3,(H,25,28). The van der Waals surface area contributed by atoms with Crippen LogP contribution in [0.4, 0.5) is 5.88 Å². The SMILES string of the molecule is COC(=O)c1c(C)oc(NC(=O)C2CC(=O)N(CCc3ccc(OC)c(OC)c3)C2)c1C#N. The van der Waals surface area contributed by atoms with E-state index in [0.29, 0.717) is 24.5 Å². The van der Waals surface area contributed by atoms with Gasteiger partial charge in [0.25, 0.3) is 0 Å². The predicted octanol–water partition coefficient (Wildman–Crippen LogP) is 2.29. The molecule has 10 nitrogen and oxygen atoms in total. The molecule has 1 fully saturated rings. The summed E-state index contributed by atoms with van der Waals surface area (Å²) in [7, 11) is 4.31. The van der Waals surface area contributed by atoms with Crippen LogP contribution in [0.15, 0.2) is 22.6 Å². The van der Waals surface area contributed by atoms with Gasteiger partial charge in [0.05, 0.1) is 27.2 Å². The molecule has 3 rings (SSSR count). The topological polar surface area (TPSA) is 131 Å². The van der Waals surface area contributed by atoms with Gasteiger partial charge in [-0.15, -0.1) is 0 Å². The Morgan fingerprint density at radius 1 is 1.24 bits per heavy atom. The van der Waals surface area contributed by atoms with E-state index < -0.39 is 17.8 Å². The van der Waals surface area contributed by atoms with Crippen LogP contribution in [0.25, 0.3) is 0 Å². The molecule has 0 aliphatic carbocycles. The maximum Gasteiger partial charge on any atom is 0.342 e. The molecule has 0 radical (unpaired) electrons. The number of nitrogens with one attached hydrogen (secondary N) is 1. The smallest absolute Gasteiger partial charge is 0.342 e. The Bertz CT molecular complexity index is 1120. The summed E-state index contributed by atoms with van der Waals surface area (Å²) in [5, 5.41) is 12.0. The van der Waals surface area contributed by atoms with Gasteiger partial charge in [0.15, 0.2) is 11.5 Å². The molecule has 0 saturated carbocycles. The lowest BCUT2D eigenvalue weighted by Gasteiger charge is -2.17. The maximum atomic E-state index is 12.8. The molecule has 10 heteroatoms. The summed E-state index contributed by atoms with van der Waals surface area (Å²) in [6.07, 6.45) is 0.627. The molecule has 174 valence electrons. The summed E-state index contributed by atoms with van der Waals surface area (Å²) in [6.45, 7) is 2.18. The average Bonchev–Trinajstić information content (AvgIpc) is 3.35. The number of esters is 1. The molecule has 1 aliphatic heterocycles. The summed E-state index contributed by atoms with van der Waals surface area (Å²) in [6, 6.07) is 7.42. The minimum absolute atomic E-state index is 0.0330. The number of hydrogen-bond acceptors (Lipinski definition) is 8. The number of rotatable bonds is 8. The van der Waals surface area contributed by atoms with Gasteiger partial charge in [-0.25, -0.2) is 4.79 Å². The number of carbonyl (C=O) groups is 3. The summed E-state index contributed by atoms with van der Waals surface area (Å²) in [4.78, 5) is 38.7. The van der Waals surface area contributed by atoms with Crippen molar-refractivity contribution in [1.82, 2.24) is 4.90 Å². The van der Waals surface area contributed by atoms with E-state index in [-0.39, 0.29) is 41.6 Å². The fourth-order valence-corrected chi connectivity index (χ4v) is 3.77. The number of furan rings is 1. The summed E-state index contributed by atoms with van der Waals surface area (Å²) in [5.74, 6) is -0.680. The Hall–Kier alpha value is -4.00. The van der Waals surface area contributed by atoms with Crippen molar-refractivity contribution in [3.63, 3.8) is 0 Å². The van der Waals surface area contributed by atoms with Crippen LogP contribution in [-0.2, 0) is 20.7 Å². The van der Waals surface area contributed by atoms with Crippen LogP contribution in [-0.4, -0.2) is 57.1 Å². The quantitative estimate of drug-likeness (QED) is 0.600. The first kappa shape index (κ1) is 23.7. The van der Waals surface area contributed by atoms with Crippen LogP contribution in [0.3, 0.4) is 0 Å². The second-order valence-corrected chi connectivity index (χ2v) is 7.51. The molecule has 1 saturated heterocycles. The van der Waals surface area contributed by atoms with Crippen molar-refractivity contribution in [2.75, 3.05) is 39.7 Å². The molecule has 1 atom stereocenters. The maximum absolute atomic E-state index is 12.8. The highest BCUT2D eigenvalue weighted by Gasteiger charge is 2.35. The number of hydrogen-bond donors (Lipinski definition) is 1. The first-order valence-corrected chi connectivity index (χ1v) is 10.2. The lowest BCUT2D eigenvalue weighted by atomic mass is 10.1. The minimum atomic E-state index is -0.731. The zero-order chi connectivity index (χ0) is 24.1. The molecule has 2 amide bonds. The number of methoxy groups -OCH3 is 3. The molecule has 1 N–H and O–H groups in total. The Balaban J connectivity index is 1.64. The molecule has 0 bridgehead atoms. The van der Waals surface area contributed by atoms with Crippen LogP contribution < -0.4 is 14.8 Å². The number of carbonyl (C=O) groups excluding carboxylic acids is 3. The van der Waals surface area contributed by atoms with Crippen LogP contribution in [0.5, 0.6) is 11.5 Å².